The lowest BCUT2D eigenvalue weighted by atomic mass is 9.96. The molecule has 2 aromatic rings. The lowest BCUT2D eigenvalue weighted by Crippen LogP contribution is -1.97. The third-order valence-corrected chi connectivity index (χ3v) is 4.80. The van der Waals surface area contributed by atoms with Crippen molar-refractivity contribution in [2.45, 2.75) is 80.1 Å². The highest BCUT2D eigenvalue weighted by Crippen LogP contribution is 2.25. The summed E-state index contributed by atoms with van der Waals surface area (Å²) in [5, 5.41) is 0. The average molecular weight is 447 g/mol. The lowest BCUT2D eigenvalue weighted by molar-refractivity contribution is 0.592. The van der Waals surface area contributed by atoms with E-state index in [0.29, 0.717) is 17.8 Å². The fraction of sp³-hybridized carbons (Fsp3) is 0.448. The van der Waals surface area contributed by atoms with Crippen LogP contribution in [0.15, 0.2) is 72.1 Å². The molecular weight excluding hydrogens is 405 g/mol. The summed E-state index contributed by atoms with van der Waals surface area (Å²) in [4.78, 5) is 0. The van der Waals surface area contributed by atoms with Crippen molar-refractivity contribution in [3.8, 4) is 0 Å². The highest BCUT2D eigenvalue weighted by molar-refractivity contribution is 5.29. The summed E-state index contributed by atoms with van der Waals surface area (Å²) in [5.41, 5.74) is 3.12. The SMILES string of the molecule is CC.CC(C)C1=CCCC=C1F.CC(C)c1ccc(F)cc1.CC(C)c1cccc(F)c1. The molecule has 0 aliphatic heterocycles. The number of rotatable bonds is 3. The van der Waals surface area contributed by atoms with Gasteiger partial charge in [-0.1, -0.05) is 85.7 Å². The Hall–Kier alpha value is -2.29. The van der Waals surface area contributed by atoms with Crippen LogP contribution in [0.2, 0.25) is 0 Å². The van der Waals surface area contributed by atoms with E-state index in [1.54, 1.807) is 18.2 Å². The van der Waals surface area contributed by atoms with Crippen molar-refractivity contribution in [2.75, 3.05) is 0 Å². The molecule has 0 aromatic heterocycles. The molecule has 0 saturated heterocycles. The van der Waals surface area contributed by atoms with Crippen molar-refractivity contribution in [3.63, 3.8) is 0 Å². The van der Waals surface area contributed by atoms with E-state index in [0.717, 1.165) is 24.0 Å². The molecule has 0 saturated carbocycles. The van der Waals surface area contributed by atoms with E-state index in [9.17, 15) is 13.2 Å². The van der Waals surface area contributed by atoms with Crippen LogP contribution in [0.4, 0.5) is 13.2 Å². The largest absolute Gasteiger partial charge is 0.207 e. The van der Waals surface area contributed by atoms with Crippen LogP contribution < -0.4 is 0 Å². The van der Waals surface area contributed by atoms with Crippen molar-refractivity contribution in [2.24, 2.45) is 5.92 Å². The fourth-order valence-corrected chi connectivity index (χ4v) is 2.89. The number of halogens is 3. The number of hydrogen-bond acceptors (Lipinski definition) is 0. The van der Waals surface area contributed by atoms with Gasteiger partial charge < -0.3 is 0 Å². The van der Waals surface area contributed by atoms with Crippen molar-refractivity contribution in [1.82, 2.24) is 0 Å². The maximum Gasteiger partial charge on any atom is 0.123 e. The predicted octanol–water partition coefficient (Wildman–Crippen LogP) is 10.1. The Balaban J connectivity index is 0.000000433. The first kappa shape index (κ1) is 29.7. The molecule has 3 rings (SSSR count). The summed E-state index contributed by atoms with van der Waals surface area (Å²) in [6.07, 6.45) is 5.54. The first-order valence-electron chi connectivity index (χ1n) is 11.7. The van der Waals surface area contributed by atoms with Gasteiger partial charge in [-0.2, -0.15) is 0 Å². The molecule has 0 nitrogen and oxygen atoms in total. The van der Waals surface area contributed by atoms with E-state index in [2.05, 4.69) is 27.7 Å². The zero-order valence-electron chi connectivity index (χ0n) is 21.1. The first-order valence-corrected chi connectivity index (χ1v) is 11.7. The fourth-order valence-electron chi connectivity index (χ4n) is 2.89. The average Bonchev–Trinajstić information content (AvgIpc) is 2.76. The van der Waals surface area contributed by atoms with Gasteiger partial charge in [0.25, 0.3) is 0 Å². The van der Waals surface area contributed by atoms with E-state index < -0.39 is 0 Å². The summed E-state index contributed by atoms with van der Waals surface area (Å²) in [7, 11) is 0. The van der Waals surface area contributed by atoms with Gasteiger partial charge in [0, 0.05) is 0 Å². The van der Waals surface area contributed by atoms with Crippen LogP contribution in [0.25, 0.3) is 0 Å². The molecule has 0 unspecified atom stereocenters. The van der Waals surface area contributed by atoms with Gasteiger partial charge in [-0.3, -0.25) is 0 Å². The zero-order chi connectivity index (χ0) is 24.7. The van der Waals surface area contributed by atoms with Crippen LogP contribution in [0.1, 0.15) is 91.2 Å². The van der Waals surface area contributed by atoms with Crippen LogP contribution in [0, 0.1) is 17.6 Å². The number of hydrogen-bond donors (Lipinski definition) is 0. The predicted molar refractivity (Wildman–Crippen MR) is 134 cm³/mol. The Labute approximate surface area is 194 Å². The second-order valence-corrected chi connectivity index (χ2v) is 8.36. The lowest BCUT2D eigenvalue weighted by Gasteiger charge is -2.12. The Bertz CT molecular complexity index is 813. The molecule has 0 amide bonds. The summed E-state index contributed by atoms with van der Waals surface area (Å²) >= 11 is 0. The van der Waals surface area contributed by atoms with Crippen LogP contribution in [0.5, 0.6) is 0 Å². The van der Waals surface area contributed by atoms with Crippen molar-refractivity contribution in [3.05, 3.63) is 94.8 Å². The van der Waals surface area contributed by atoms with E-state index >= 15 is 0 Å². The smallest absolute Gasteiger partial charge is 0.123 e. The quantitative estimate of drug-likeness (QED) is 0.440. The van der Waals surface area contributed by atoms with E-state index in [4.69, 9.17) is 0 Å². The van der Waals surface area contributed by atoms with Gasteiger partial charge >= 0.3 is 0 Å². The number of allylic oxidation sites excluding steroid dienone is 4. The highest BCUT2D eigenvalue weighted by Gasteiger charge is 2.10. The molecule has 0 heterocycles. The molecule has 0 N–H and O–H groups in total. The van der Waals surface area contributed by atoms with Crippen molar-refractivity contribution < 1.29 is 13.2 Å². The topological polar surface area (TPSA) is 0 Å². The van der Waals surface area contributed by atoms with Gasteiger partial charge in [0.1, 0.15) is 17.5 Å². The molecule has 178 valence electrons. The molecule has 0 atom stereocenters. The molecule has 0 radical (unpaired) electrons. The second kappa shape index (κ2) is 16.4. The summed E-state index contributed by atoms with van der Waals surface area (Å²) in [6, 6.07) is 13.3. The van der Waals surface area contributed by atoms with Gasteiger partial charge in [-0.15, -0.1) is 0 Å². The Morgan fingerprint density at radius 2 is 1.12 bits per heavy atom. The minimum Gasteiger partial charge on any atom is -0.207 e. The standard InChI is InChI=1S/2C9H11F.C9H13F.C2H6/c1-7(2)8-3-5-9(10)6-4-8;1-7(2)8-4-3-5-9(10)6-8;1-7(2)8-5-3-4-6-9(8)10;1-2/h2*3-7H,1-2H3;5-7H,3-4H2,1-2H3;1-2H3. The minimum absolute atomic E-state index is 0.0127. The van der Waals surface area contributed by atoms with Gasteiger partial charge in [0.05, 0.1) is 0 Å². The third kappa shape index (κ3) is 11.9. The summed E-state index contributed by atoms with van der Waals surface area (Å²) in [6.45, 7) is 16.3. The normalized spacial score (nSPS) is 12.6. The molecule has 1 aliphatic carbocycles. The monoisotopic (exact) mass is 446 g/mol. The van der Waals surface area contributed by atoms with Crippen molar-refractivity contribution in [1.29, 1.82) is 0 Å². The number of benzene rings is 2. The maximum atomic E-state index is 12.9. The molecule has 0 bridgehead atoms. The summed E-state index contributed by atoms with van der Waals surface area (Å²) < 4.78 is 37.8. The van der Waals surface area contributed by atoms with Gasteiger partial charge in [-0.25, -0.2) is 13.2 Å². The first-order chi connectivity index (χ1) is 15.1. The van der Waals surface area contributed by atoms with Crippen molar-refractivity contribution >= 4 is 0 Å². The molecular formula is C29H41F3. The van der Waals surface area contributed by atoms with Gasteiger partial charge in [0.2, 0.25) is 0 Å². The Morgan fingerprint density at radius 1 is 0.594 bits per heavy atom. The van der Waals surface area contributed by atoms with Crippen LogP contribution in [-0.4, -0.2) is 0 Å². The van der Waals surface area contributed by atoms with Gasteiger partial charge in [-0.05, 0) is 77.6 Å². The Morgan fingerprint density at radius 3 is 1.50 bits per heavy atom. The molecule has 0 fully saturated rings. The van der Waals surface area contributed by atoms with E-state index in [1.807, 2.05) is 52.0 Å². The molecule has 2 aromatic carbocycles. The maximum absolute atomic E-state index is 12.9. The van der Waals surface area contributed by atoms with Crippen LogP contribution in [0.3, 0.4) is 0 Å². The second-order valence-electron chi connectivity index (χ2n) is 8.36. The van der Waals surface area contributed by atoms with E-state index in [1.165, 1.54) is 23.8 Å². The zero-order valence-corrected chi connectivity index (χ0v) is 21.1. The van der Waals surface area contributed by atoms with E-state index in [-0.39, 0.29) is 17.5 Å². The summed E-state index contributed by atoms with van der Waals surface area (Å²) in [5.74, 6) is 0.907. The third-order valence-electron chi connectivity index (χ3n) is 4.80. The molecule has 1 aliphatic rings. The molecule has 32 heavy (non-hydrogen) atoms. The Kier molecular flexibility index (Phi) is 15.2. The molecule has 0 spiro atoms. The molecule has 3 heteroatoms. The van der Waals surface area contributed by atoms with Crippen LogP contribution in [-0.2, 0) is 0 Å². The minimum atomic E-state index is -0.163. The van der Waals surface area contributed by atoms with Crippen LogP contribution >= 0.6 is 0 Å². The highest BCUT2D eigenvalue weighted by atomic mass is 19.1. The van der Waals surface area contributed by atoms with Gasteiger partial charge in [0.15, 0.2) is 0 Å².